The summed E-state index contributed by atoms with van der Waals surface area (Å²) in [6.45, 7) is 0. The van der Waals surface area contributed by atoms with Crippen molar-refractivity contribution >= 4 is 67.4 Å². The van der Waals surface area contributed by atoms with Crippen LogP contribution in [-0.4, -0.2) is 0 Å². The first-order valence-corrected chi connectivity index (χ1v) is 15.4. The first-order valence-electron chi connectivity index (χ1n) is 15.4. The number of nitrogens with zero attached hydrogens (tertiary/aromatic N) is 2. The van der Waals surface area contributed by atoms with Gasteiger partial charge in [-0.1, -0.05) is 91.0 Å². The van der Waals surface area contributed by atoms with Gasteiger partial charge in [-0.2, -0.15) is 0 Å². The molecule has 0 saturated carbocycles. The number of benzene rings is 7. The van der Waals surface area contributed by atoms with Crippen molar-refractivity contribution in [3.8, 4) is 0 Å². The van der Waals surface area contributed by atoms with E-state index in [9.17, 15) is 0 Å². The molecule has 0 atom stereocenters. The Balaban J connectivity index is 1.31. The number of nitrogens with one attached hydrogen (secondary N) is 1. The van der Waals surface area contributed by atoms with E-state index in [2.05, 4.69) is 179 Å². The first-order chi connectivity index (χ1) is 22.8. The minimum Gasteiger partial charge on any atom is -0.456 e. The summed E-state index contributed by atoms with van der Waals surface area (Å²) >= 11 is 0. The molecule has 1 heterocycles. The van der Waals surface area contributed by atoms with Gasteiger partial charge in [0, 0.05) is 51.0 Å². The van der Waals surface area contributed by atoms with Crippen molar-refractivity contribution < 1.29 is 4.42 Å². The molecule has 0 spiro atoms. The van der Waals surface area contributed by atoms with Gasteiger partial charge in [0.25, 0.3) is 0 Å². The number of para-hydroxylation sites is 5. The van der Waals surface area contributed by atoms with Crippen LogP contribution >= 0.6 is 0 Å². The van der Waals surface area contributed by atoms with Gasteiger partial charge in [-0.05, 0) is 84.9 Å². The van der Waals surface area contributed by atoms with Gasteiger partial charge in [0.1, 0.15) is 11.2 Å². The predicted octanol–water partition coefficient (Wildman–Crippen LogP) is 12.3. The average molecular weight is 594 g/mol. The lowest BCUT2D eigenvalue weighted by Gasteiger charge is -2.30. The summed E-state index contributed by atoms with van der Waals surface area (Å²) in [4.78, 5) is 4.59. The van der Waals surface area contributed by atoms with Crippen LogP contribution in [0.25, 0.3) is 21.9 Å². The summed E-state index contributed by atoms with van der Waals surface area (Å²) in [5.41, 5.74) is 10.0. The van der Waals surface area contributed by atoms with E-state index in [1.54, 1.807) is 0 Å². The highest BCUT2D eigenvalue weighted by Crippen LogP contribution is 2.43. The van der Waals surface area contributed by atoms with Crippen molar-refractivity contribution in [2.75, 3.05) is 15.1 Å². The van der Waals surface area contributed by atoms with Crippen LogP contribution in [0.1, 0.15) is 0 Å². The SMILES string of the molecule is c1ccc(N(c2ccccc2)c2cc(Nc3ccc4c(c3)oc3ccccc34)cc(N(c3ccccc3)c3ccccc3)c2)cc1. The van der Waals surface area contributed by atoms with E-state index in [0.29, 0.717) is 0 Å². The van der Waals surface area contributed by atoms with Crippen LogP contribution in [0.4, 0.5) is 45.5 Å². The zero-order valence-corrected chi connectivity index (χ0v) is 25.1. The minimum absolute atomic E-state index is 0.855. The fourth-order valence-electron chi connectivity index (χ4n) is 6.10. The topological polar surface area (TPSA) is 31.6 Å². The van der Waals surface area contributed by atoms with Crippen LogP contribution in [0, 0.1) is 0 Å². The molecule has 0 bridgehead atoms. The van der Waals surface area contributed by atoms with Gasteiger partial charge < -0.3 is 19.5 Å². The number of rotatable bonds is 8. The Hall–Kier alpha value is -6.26. The summed E-state index contributed by atoms with van der Waals surface area (Å²) in [7, 11) is 0. The van der Waals surface area contributed by atoms with Crippen molar-refractivity contribution in [1.29, 1.82) is 0 Å². The summed E-state index contributed by atoms with van der Waals surface area (Å²) in [6, 6.07) is 63.2. The maximum Gasteiger partial charge on any atom is 0.137 e. The minimum atomic E-state index is 0.855. The van der Waals surface area contributed by atoms with E-state index in [1.165, 1.54) is 0 Å². The van der Waals surface area contributed by atoms with Gasteiger partial charge >= 0.3 is 0 Å². The molecule has 0 fully saturated rings. The highest BCUT2D eigenvalue weighted by Gasteiger charge is 2.19. The number of hydrogen-bond donors (Lipinski definition) is 1. The molecule has 0 saturated heterocycles. The Morgan fingerprint density at radius 3 is 1.26 bits per heavy atom. The Labute approximate surface area is 268 Å². The Morgan fingerprint density at radius 1 is 0.326 bits per heavy atom. The lowest BCUT2D eigenvalue weighted by molar-refractivity contribution is 0.669. The molecule has 7 aromatic carbocycles. The number of furan rings is 1. The fourth-order valence-corrected chi connectivity index (χ4v) is 6.10. The lowest BCUT2D eigenvalue weighted by Crippen LogP contribution is -2.13. The molecule has 0 unspecified atom stereocenters. The van der Waals surface area contributed by atoms with Crippen LogP contribution in [0.15, 0.2) is 186 Å². The van der Waals surface area contributed by atoms with Gasteiger partial charge in [-0.15, -0.1) is 0 Å². The Morgan fingerprint density at radius 2 is 0.761 bits per heavy atom. The number of anilines is 8. The summed E-state index contributed by atoms with van der Waals surface area (Å²) in [5.74, 6) is 0. The largest absolute Gasteiger partial charge is 0.456 e. The van der Waals surface area contributed by atoms with Crippen molar-refractivity contribution in [2.24, 2.45) is 0 Å². The Kier molecular flexibility index (Phi) is 7.14. The molecule has 8 rings (SSSR count). The summed E-state index contributed by atoms with van der Waals surface area (Å²) < 4.78 is 6.23. The van der Waals surface area contributed by atoms with E-state index in [0.717, 1.165) is 67.4 Å². The maximum atomic E-state index is 6.23. The number of hydrogen-bond acceptors (Lipinski definition) is 4. The second-order valence-electron chi connectivity index (χ2n) is 11.2. The van der Waals surface area contributed by atoms with Gasteiger partial charge in [0.05, 0.1) is 11.4 Å². The third kappa shape index (κ3) is 5.33. The van der Waals surface area contributed by atoms with Gasteiger partial charge in [-0.25, -0.2) is 0 Å². The second kappa shape index (κ2) is 12.0. The standard InChI is InChI=1S/C42H31N3O/c1-5-15-33(16-6-1)44(34-17-7-2-8-18-34)37-27-32(43-31-25-26-40-39-23-13-14-24-41(39)46-42(40)29-31)28-38(30-37)45(35-19-9-3-10-20-35)36-21-11-4-12-22-36/h1-30,43H. The molecule has 4 nitrogen and oxygen atoms in total. The molecule has 0 aliphatic rings. The van der Waals surface area contributed by atoms with Gasteiger partial charge in [0.2, 0.25) is 0 Å². The first kappa shape index (κ1) is 27.3. The van der Waals surface area contributed by atoms with Crippen molar-refractivity contribution in [1.82, 2.24) is 0 Å². The van der Waals surface area contributed by atoms with Crippen molar-refractivity contribution in [2.45, 2.75) is 0 Å². The highest BCUT2D eigenvalue weighted by molar-refractivity contribution is 6.05. The zero-order valence-electron chi connectivity index (χ0n) is 25.1. The molecular formula is C42H31N3O. The van der Waals surface area contributed by atoms with Crippen LogP contribution in [-0.2, 0) is 0 Å². The zero-order chi connectivity index (χ0) is 30.7. The molecule has 0 aliphatic carbocycles. The predicted molar refractivity (Wildman–Crippen MR) is 193 cm³/mol. The molecule has 4 heteroatoms. The van der Waals surface area contributed by atoms with Crippen LogP contribution in [0.2, 0.25) is 0 Å². The van der Waals surface area contributed by atoms with E-state index >= 15 is 0 Å². The van der Waals surface area contributed by atoms with Crippen molar-refractivity contribution in [3.05, 3.63) is 182 Å². The lowest BCUT2D eigenvalue weighted by atomic mass is 10.1. The quantitative estimate of drug-likeness (QED) is 0.190. The third-order valence-corrected chi connectivity index (χ3v) is 8.14. The van der Waals surface area contributed by atoms with Gasteiger partial charge in [-0.3, -0.25) is 0 Å². The van der Waals surface area contributed by atoms with E-state index in [4.69, 9.17) is 4.42 Å². The summed E-state index contributed by atoms with van der Waals surface area (Å²) in [5, 5.41) is 5.95. The van der Waals surface area contributed by atoms with Crippen LogP contribution < -0.4 is 15.1 Å². The smallest absolute Gasteiger partial charge is 0.137 e. The molecular weight excluding hydrogens is 562 g/mol. The molecule has 46 heavy (non-hydrogen) atoms. The van der Waals surface area contributed by atoms with Crippen molar-refractivity contribution in [3.63, 3.8) is 0 Å². The third-order valence-electron chi connectivity index (χ3n) is 8.14. The molecule has 8 aromatic rings. The van der Waals surface area contributed by atoms with Crippen LogP contribution in [0.5, 0.6) is 0 Å². The second-order valence-corrected chi connectivity index (χ2v) is 11.2. The molecule has 0 radical (unpaired) electrons. The maximum absolute atomic E-state index is 6.23. The van der Waals surface area contributed by atoms with E-state index in [-0.39, 0.29) is 0 Å². The molecule has 1 aromatic heterocycles. The molecule has 220 valence electrons. The normalized spacial score (nSPS) is 11.0. The molecule has 1 N–H and O–H groups in total. The highest BCUT2D eigenvalue weighted by atomic mass is 16.3. The van der Waals surface area contributed by atoms with Gasteiger partial charge in [0.15, 0.2) is 0 Å². The monoisotopic (exact) mass is 593 g/mol. The molecule has 0 aliphatic heterocycles. The number of fused-ring (bicyclic) bond motifs is 3. The van der Waals surface area contributed by atoms with Crippen LogP contribution in [0.3, 0.4) is 0 Å². The summed E-state index contributed by atoms with van der Waals surface area (Å²) in [6.07, 6.45) is 0. The Bertz CT molecular complexity index is 2050. The fraction of sp³-hybridized carbons (Fsp3) is 0. The van der Waals surface area contributed by atoms with E-state index in [1.807, 2.05) is 18.2 Å². The average Bonchev–Trinajstić information content (AvgIpc) is 3.48. The van der Waals surface area contributed by atoms with E-state index < -0.39 is 0 Å². The molecule has 0 amide bonds.